The van der Waals surface area contributed by atoms with Gasteiger partial charge in [-0.15, -0.1) is 22.7 Å². The first-order valence-electron chi connectivity index (χ1n) is 12.2. The van der Waals surface area contributed by atoms with Crippen LogP contribution in [0.2, 0.25) is 0 Å². The number of hydrogen-bond donors (Lipinski definition) is 0. The molecule has 0 amide bonds. The van der Waals surface area contributed by atoms with Crippen molar-refractivity contribution >= 4 is 80.1 Å². The topological polar surface area (TPSA) is 74.6 Å². The zero-order valence-electron chi connectivity index (χ0n) is 20.3. The maximum absolute atomic E-state index is 9.35. The van der Waals surface area contributed by atoms with E-state index in [1.54, 1.807) is 22.7 Å². The van der Waals surface area contributed by atoms with Crippen LogP contribution in [-0.4, -0.2) is 0 Å². The summed E-state index contributed by atoms with van der Waals surface area (Å²) in [5, 5.41) is 32.7. The van der Waals surface area contributed by atoms with Crippen molar-refractivity contribution in [3.05, 3.63) is 114 Å². The van der Waals surface area contributed by atoms with Crippen LogP contribution in [-0.2, 0) is 0 Å². The smallest absolute Gasteiger partial charge is 0.0992 e. The van der Waals surface area contributed by atoms with E-state index in [0.717, 1.165) is 57.4 Å². The van der Waals surface area contributed by atoms with E-state index in [1.807, 2.05) is 60.7 Å². The van der Waals surface area contributed by atoms with Gasteiger partial charge in [0, 0.05) is 57.4 Å². The van der Waals surface area contributed by atoms with Crippen molar-refractivity contribution in [2.75, 3.05) is 4.90 Å². The predicted octanol–water partition coefficient (Wildman–Crippen LogP) is 9.51. The molecule has 4 nitrogen and oxygen atoms in total. The minimum absolute atomic E-state index is 0.611. The third-order valence-corrected chi connectivity index (χ3v) is 9.17. The zero-order valence-corrected chi connectivity index (χ0v) is 22.0. The average Bonchev–Trinajstić information content (AvgIpc) is 3.53. The van der Waals surface area contributed by atoms with Crippen LogP contribution in [0.3, 0.4) is 0 Å². The van der Waals surface area contributed by atoms with Crippen LogP contribution in [0.25, 0.3) is 40.3 Å². The predicted molar refractivity (Wildman–Crippen MR) is 161 cm³/mol. The summed E-state index contributed by atoms with van der Waals surface area (Å²) in [4.78, 5) is 2.20. The lowest BCUT2D eigenvalue weighted by Gasteiger charge is -2.25. The Labute approximate surface area is 232 Å². The van der Waals surface area contributed by atoms with Crippen LogP contribution < -0.4 is 4.90 Å². The van der Waals surface area contributed by atoms with Gasteiger partial charge in [0.05, 0.1) is 34.9 Å². The van der Waals surface area contributed by atoms with Crippen molar-refractivity contribution in [3.8, 4) is 18.2 Å². The summed E-state index contributed by atoms with van der Waals surface area (Å²) in [6, 6.07) is 38.9. The Morgan fingerprint density at radius 1 is 0.410 bits per heavy atom. The van der Waals surface area contributed by atoms with Crippen molar-refractivity contribution in [1.29, 1.82) is 15.8 Å². The molecule has 0 bridgehead atoms. The van der Waals surface area contributed by atoms with Gasteiger partial charge in [-0.2, -0.15) is 15.8 Å². The highest BCUT2D eigenvalue weighted by Gasteiger charge is 2.17. The second kappa shape index (κ2) is 8.98. The summed E-state index contributed by atoms with van der Waals surface area (Å²) in [7, 11) is 0. The Hall–Kier alpha value is -5.19. The van der Waals surface area contributed by atoms with Gasteiger partial charge in [-0.3, -0.25) is 0 Å². The Bertz CT molecular complexity index is 2090. The maximum Gasteiger partial charge on any atom is 0.0992 e. The van der Waals surface area contributed by atoms with Gasteiger partial charge in [0.15, 0.2) is 0 Å². The summed E-state index contributed by atoms with van der Waals surface area (Å²) in [6.07, 6.45) is 0. The van der Waals surface area contributed by atoms with E-state index in [9.17, 15) is 15.8 Å². The van der Waals surface area contributed by atoms with Crippen molar-refractivity contribution in [1.82, 2.24) is 0 Å². The number of thiophene rings is 2. The monoisotopic (exact) mass is 532 g/mol. The minimum Gasteiger partial charge on any atom is -0.310 e. The lowest BCUT2D eigenvalue weighted by Crippen LogP contribution is -2.09. The van der Waals surface area contributed by atoms with Gasteiger partial charge in [-0.1, -0.05) is 24.3 Å². The molecule has 0 unspecified atom stereocenters. The second-order valence-corrected chi connectivity index (χ2v) is 11.4. The summed E-state index contributed by atoms with van der Waals surface area (Å²) < 4.78 is 4.47. The molecule has 5 aromatic carbocycles. The standard InChI is InChI=1S/C33H16N4S2/c34-17-20-1-5-23(6-2-20)37(24-7-11-28-26-9-3-21(18-35)13-30(26)38-32(28)15-24)25-8-12-29-27-10-4-22(19-36)14-31(27)39-33(29)16-25/h1-16H. The van der Waals surface area contributed by atoms with Crippen LogP contribution >= 0.6 is 22.7 Å². The van der Waals surface area contributed by atoms with E-state index in [4.69, 9.17) is 0 Å². The molecule has 2 aromatic heterocycles. The number of rotatable bonds is 3. The van der Waals surface area contributed by atoms with Crippen LogP contribution in [0.4, 0.5) is 17.1 Å². The Morgan fingerprint density at radius 2 is 0.769 bits per heavy atom. The van der Waals surface area contributed by atoms with Crippen molar-refractivity contribution < 1.29 is 0 Å². The number of hydrogen-bond acceptors (Lipinski definition) is 6. The van der Waals surface area contributed by atoms with Crippen LogP contribution in [0, 0.1) is 34.0 Å². The van der Waals surface area contributed by atoms with Crippen LogP contribution in [0.5, 0.6) is 0 Å². The lowest BCUT2D eigenvalue weighted by atomic mass is 10.1. The highest BCUT2D eigenvalue weighted by molar-refractivity contribution is 7.26. The normalized spacial score (nSPS) is 11.0. The van der Waals surface area contributed by atoms with E-state index >= 15 is 0 Å². The molecule has 39 heavy (non-hydrogen) atoms. The first-order chi connectivity index (χ1) is 19.1. The molecule has 0 aliphatic heterocycles. The van der Waals surface area contributed by atoms with Gasteiger partial charge in [0.2, 0.25) is 0 Å². The molecular weight excluding hydrogens is 517 g/mol. The van der Waals surface area contributed by atoms with Crippen molar-refractivity contribution in [2.45, 2.75) is 0 Å². The number of nitrogens with zero attached hydrogens (tertiary/aromatic N) is 4. The van der Waals surface area contributed by atoms with E-state index in [-0.39, 0.29) is 0 Å². The number of fused-ring (bicyclic) bond motifs is 6. The summed E-state index contributed by atoms with van der Waals surface area (Å²) >= 11 is 3.37. The third-order valence-electron chi connectivity index (χ3n) is 6.94. The van der Waals surface area contributed by atoms with E-state index < -0.39 is 0 Å². The van der Waals surface area contributed by atoms with Gasteiger partial charge >= 0.3 is 0 Å². The SMILES string of the molecule is N#Cc1ccc(N(c2ccc3c(c2)sc2cc(C#N)ccc23)c2ccc3c(c2)sc2cc(C#N)ccc23)cc1. The highest BCUT2D eigenvalue weighted by atomic mass is 32.1. The summed E-state index contributed by atoms with van der Waals surface area (Å²) in [5.74, 6) is 0. The Morgan fingerprint density at radius 3 is 1.21 bits per heavy atom. The number of anilines is 3. The first-order valence-corrected chi connectivity index (χ1v) is 13.8. The van der Waals surface area contributed by atoms with Crippen molar-refractivity contribution in [2.24, 2.45) is 0 Å². The average molecular weight is 533 g/mol. The maximum atomic E-state index is 9.35. The molecule has 0 saturated heterocycles. The molecule has 7 rings (SSSR count). The fraction of sp³-hybridized carbons (Fsp3) is 0. The van der Waals surface area contributed by atoms with Crippen molar-refractivity contribution in [3.63, 3.8) is 0 Å². The van der Waals surface area contributed by atoms with E-state index in [0.29, 0.717) is 16.7 Å². The molecule has 180 valence electrons. The molecule has 0 N–H and O–H groups in total. The summed E-state index contributed by atoms with van der Waals surface area (Å²) in [5.41, 5.74) is 4.89. The van der Waals surface area contributed by atoms with Gasteiger partial charge in [0.1, 0.15) is 0 Å². The molecular formula is C33H16N4S2. The Balaban J connectivity index is 1.42. The van der Waals surface area contributed by atoms with Gasteiger partial charge < -0.3 is 4.90 Å². The van der Waals surface area contributed by atoms with Gasteiger partial charge in [-0.05, 0) is 72.8 Å². The van der Waals surface area contributed by atoms with Crippen LogP contribution in [0.15, 0.2) is 97.1 Å². The number of benzene rings is 5. The third kappa shape index (κ3) is 3.78. The molecule has 7 aromatic rings. The molecule has 0 saturated carbocycles. The molecule has 6 heteroatoms. The van der Waals surface area contributed by atoms with Crippen LogP contribution in [0.1, 0.15) is 16.7 Å². The van der Waals surface area contributed by atoms with Gasteiger partial charge in [-0.25, -0.2) is 0 Å². The Kier molecular flexibility index (Phi) is 5.29. The molecule has 0 atom stereocenters. The zero-order chi connectivity index (χ0) is 26.5. The molecule has 0 spiro atoms. The quantitative estimate of drug-likeness (QED) is 0.227. The first kappa shape index (κ1) is 23.0. The fourth-order valence-electron chi connectivity index (χ4n) is 5.08. The molecule has 2 heterocycles. The fourth-order valence-corrected chi connectivity index (χ4v) is 7.44. The second-order valence-electron chi connectivity index (χ2n) is 9.20. The largest absolute Gasteiger partial charge is 0.310 e. The van der Waals surface area contributed by atoms with E-state index in [2.05, 4.69) is 59.5 Å². The summed E-state index contributed by atoms with van der Waals surface area (Å²) in [6.45, 7) is 0. The molecule has 0 fully saturated rings. The molecule has 0 aliphatic rings. The molecule has 0 radical (unpaired) electrons. The highest BCUT2D eigenvalue weighted by Crippen LogP contribution is 2.43. The molecule has 0 aliphatic carbocycles. The lowest BCUT2D eigenvalue weighted by molar-refractivity contribution is 1.29. The number of nitriles is 3. The minimum atomic E-state index is 0.611. The van der Waals surface area contributed by atoms with Gasteiger partial charge in [0.25, 0.3) is 0 Å². The van der Waals surface area contributed by atoms with E-state index in [1.165, 1.54) is 0 Å².